The van der Waals surface area contributed by atoms with Crippen LogP contribution in [0.4, 0.5) is 15.9 Å². The van der Waals surface area contributed by atoms with E-state index in [1.54, 1.807) is 19.4 Å². The van der Waals surface area contributed by atoms with Crippen LogP contribution in [-0.2, 0) is 11.1 Å². The lowest BCUT2D eigenvalue weighted by Crippen LogP contribution is -2.47. The van der Waals surface area contributed by atoms with Crippen molar-refractivity contribution in [3.63, 3.8) is 0 Å². The molecule has 0 aliphatic carbocycles. The number of imidazole rings is 1. The number of methoxy groups -OCH3 is 1. The Kier molecular flexibility index (Phi) is 7.56. The lowest BCUT2D eigenvalue weighted by Gasteiger charge is -2.37. The molecular formula is C24H28FN9O3S. The van der Waals surface area contributed by atoms with Crippen LogP contribution in [0.15, 0.2) is 30.9 Å². The van der Waals surface area contributed by atoms with Gasteiger partial charge in [-0.2, -0.15) is 0 Å². The first-order valence-electron chi connectivity index (χ1n) is 12.0. The van der Waals surface area contributed by atoms with Crippen molar-refractivity contribution >= 4 is 33.7 Å². The fraction of sp³-hybridized carbons (Fsp3) is 0.375. The number of ether oxygens (including phenoxy) is 1. The molecule has 5 rings (SSSR count). The molecule has 2 atom stereocenters. The van der Waals surface area contributed by atoms with Crippen molar-refractivity contribution in [2.24, 2.45) is 0 Å². The van der Waals surface area contributed by atoms with Gasteiger partial charge in [-0.05, 0) is 25.5 Å². The summed E-state index contributed by atoms with van der Waals surface area (Å²) in [6, 6.07) is 3.34. The normalized spacial score (nSPS) is 16.4. The van der Waals surface area contributed by atoms with E-state index in [1.165, 1.54) is 19.4 Å². The number of fused-ring (bicyclic) bond motifs is 1. The van der Waals surface area contributed by atoms with Crippen LogP contribution in [0, 0.1) is 12.7 Å². The van der Waals surface area contributed by atoms with Crippen molar-refractivity contribution in [1.29, 1.82) is 0 Å². The van der Waals surface area contributed by atoms with E-state index in [0.717, 1.165) is 18.7 Å². The second-order valence-electron chi connectivity index (χ2n) is 9.01. The lowest BCUT2D eigenvalue weighted by molar-refractivity contribution is 0.113. The van der Waals surface area contributed by atoms with Gasteiger partial charge in [0, 0.05) is 50.0 Å². The van der Waals surface area contributed by atoms with Crippen molar-refractivity contribution in [1.82, 2.24) is 39.7 Å². The van der Waals surface area contributed by atoms with Gasteiger partial charge in [-0.15, -0.1) is 0 Å². The highest BCUT2D eigenvalue weighted by Crippen LogP contribution is 2.34. The molecule has 3 N–H and O–H groups in total. The Hall–Kier alpha value is -3.59. The number of rotatable bonds is 8. The van der Waals surface area contributed by atoms with Gasteiger partial charge in [-0.3, -0.25) is 9.80 Å². The van der Waals surface area contributed by atoms with Crippen LogP contribution in [-0.4, -0.2) is 87.6 Å². The monoisotopic (exact) mass is 541 g/mol. The summed E-state index contributed by atoms with van der Waals surface area (Å²) in [4.78, 5) is 29.5. The molecule has 1 unspecified atom stereocenters. The predicted molar refractivity (Wildman–Crippen MR) is 141 cm³/mol. The molecule has 0 bridgehead atoms. The summed E-state index contributed by atoms with van der Waals surface area (Å²) in [7, 11) is 1.36. The Morgan fingerprint density at radius 2 is 1.97 bits per heavy atom. The fourth-order valence-corrected chi connectivity index (χ4v) is 5.12. The molecular weight excluding hydrogens is 513 g/mol. The number of piperazine rings is 1. The second-order valence-corrected chi connectivity index (χ2v) is 9.91. The molecule has 0 radical (unpaired) electrons. The number of hydrogen-bond donors (Lipinski definition) is 3. The highest BCUT2D eigenvalue weighted by Gasteiger charge is 2.25. The topological polar surface area (TPSA) is 145 Å². The van der Waals surface area contributed by atoms with E-state index < -0.39 is 16.9 Å². The van der Waals surface area contributed by atoms with Gasteiger partial charge >= 0.3 is 0 Å². The van der Waals surface area contributed by atoms with Gasteiger partial charge in [0.05, 0.1) is 25.3 Å². The Bertz CT molecular complexity index is 1480. The average Bonchev–Trinajstić information content (AvgIpc) is 3.37. The van der Waals surface area contributed by atoms with Gasteiger partial charge in [-0.25, -0.2) is 33.5 Å². The molecule has 0 saturated carbocycles. The van der Waals surface area contributed by atoms with Crippen LogP contribution < -0.4 is 10.1 Å². The predicted octanol–water partition coefficient (Wildman–Crippen LogP) is 2.87. The number of hydrogen-bond acceptors (Lipinski definition) is 10. The van der Waals surface area contributed by atoms with E-state index in [-0.39, 0.29) is 17.8 Å². The minimum atomic E-state index is -1.84. The molecule has 5 heterocycles. The third-order valence-electron chi connectivity index (χ3n) is 6.55. The van der Waals surface area contributed by atoms with Crippen molar-refractivity contribution in [3.8, 4) is 17.1 Å². The molecule has 38 heavy (non-hydrogen) atoms. The lowest BCUT2D eigenvalue weighted by atomic mass is 10.0. The largest absolute Gasteiger partial charge is 0.479 e. The summed E-state index contributed by atoms with van der Waals surface area (Å²) in [5.41, 5.74) is 3.88. The van der Waals surface area contributed by atoms with Crippen molar-refractivity contribution < 1.29 is 17.9 Å². The van der Waals surface area contributed by atoms with Crippen LogP contribution in [0.2, 0.25) is 0 Å². The maximum absolute atomic E-state index is 14.3. The number of anilines is 2. The van der Waals surface area contributed by atoms with Crippen LogP contribution >= 0.6 is 0 Å². The summed E-state index contributed by atoms with van der Waals surface area (Å²) >= 11 is -1.84. The number of nitrogens with zero attached hydrogens (tertiary/aromatic N) is 7. The summed E-state index contributed by atoms with van der Waals surface area (Å²) in [5.74, 6) is 0.490. The summed E-state index contributed by atoms with van der Waals surface area (Å²) in [6.07, 6.45) is 4.83. The zero-order valence-corrected chi connectivity index (χ0v) is 22.0. The Balaban J connectivity index is 1.51. The molecule has 1 aliphatic rings. The minimum absolute atomic E-state index is 0.0253. The first-order valence-corrected chi connectivity index (χ1v) is 13.3. The highest BCUT2D eigenvalue weighted by molar-refractivity contribution is 7.79. The van der Waals surface area contributed by atoms with E-state index in [9.17, 15) is 13.2 Å². The maximum Gasteiger partial charge on any atom is 0.250 e. The number of H-pyrrole nitrogens is 1. The molecule has 0 amide bonds. The van der Waals surface area contributed by atoms with E-state index in [4.69, 9.17) is 14.7 Å². The molecule has 0 aromatic carbocycles. The number of pyridine rings is 2. The first-order chi connectivity index (χ1) is 18.3. The van der Waals surface area contributed by atoms with Crippen molar-refractivity contribution in [2.45, 2.75) is 19.9 Å². The maximum atomic E-state index is 14.3. The number of aromatic nitrogens is 6. The molecule has 200 valence electrons. The van der Waals surface area contributed by atoms with Gasteiger partial charge < -0.3 is 19.6 Å². The van der Waals surface area contributed by atoms with Crippen molar-refractivity contribution in [3.05, 3.63) is 48.1 Å². The van der Waals surface area contributed by atoms with E-state index in [2.05, 4.69) is 37.1 Å². The Morgan fingerprint density at radius 1 is 1.18 bits per heavy atom. The molecule has 1 saturated heterocycles. The molecule has 4 aromatic rings. The molecule has 0 spiro atoms. The van der Waals surface area contributed by atoms with Crippen LogP contribution in [0.1, 0.15) is 24.4 Å². The zero-order chi connectivity index (χ0) is 26.8. The molecule has 12 nitrogen and oxygen atoms in total. The summed E-state index contributed by atoms with van der Waals surface area (Å²) in [5, 5.41) is 3.17. The minimum Gasteiger partial charge on any atom is -0.479 e. The average molecular weight is 542 g/mol. The molecule has 14 heteroatoms. The standard InChI is InChI=1S/C24H28FN9O3S/c1-14(34-6-4-33(5-7-34)13-38(35)36)16-8-18(20-21-23(29-12-28-21)31-15(2)30-20)22(26-10-16)32-17-9-19(25)24(37-3)27-11-17/h8-12,14H,4-7,13H2,1-3H3,(H,26,32)(H,35,36)(H,28,29,30,31)/t14-/m1/s1. The first kappa shape index (κ1) is 26.0. The number of aromatic amines is 1. The SMILES string of the molecule is COc1ncc(Nc2ncc([C@@H](C)N3CCN(CS(=O)O)CC3)cc2-c2nc(C)nc3nc[nH]c23)cc1F. The molecule has 1 aliphatic heterocycles. The second kappa shape index (κ2) is 11.0. The van der Waals surface area contributed by atoms with Gasteiger partial charge in [-0.1, -0.05) is 0 Å². The highest BCUT2D eigenvalue weighted by atomic mass is 32.2. The Labute approximate surface area is 221 Å². The summed E-state index contributed by atoms with van der Waals surface area (Å²) < 4.78 is 39.7. The van der Waals surface area contributed by atoms with E-state index >= 15 is 0 Å². The number of nitrogens with one attached hydrogen (secondary N) is 2. The third kappa shape index (κ3) is 5.48. The number of halogens is 1. The van der Waals surface area contributed by atoms with Crippen LogP contribution in [0.5, 0.6) is 5.88 Å². The van der Waals surface area contributed by atoms with Gasteiger partial charge in [0.1, 0.15) is 28.7 Å². The fourth-order valence-electron chi connectivity index (χ4n) is 4.55. The van der Waals surface area contributed by atoms with Crippen LogP contribution in [0.3, 0.4) is 0 Å². The van der Waals surface area contributed by atoms with Gasteiger partial charge in [0.25, 0.3) is 0 Å². The number of aryl methyl sites for hydroxylation is 1. The van der Waals surface area contributed by atoms with Crippen molar-refractivity contribution in [2.75, 3.05) is 44.5 Å². The summed E-state index contributed by atoms with van der Waals surface area (Å²) in [6.45, 7) is 6.81. The smallest absolute Gasteiger partial charge is 0.250 e. The molecule has 1 fully saturated rings. The quantitative estimate of drug-likeness (QED) is 0.283. The van der Waals surface area contributed by atoms with Gasteiger partial charge in [0.15, 0.2) is 22.5 Å². The van der Waals surface area contributed by atoms with E-state index in [1.807, 2.05) is 11.0 Å². The van der Waals surface area contributed by atoms with Crippen LogP contribution in [0.25, 0.3) is 22.4 Å². The Morgan fingerprint density at radius 3 is 2.68 bits per heavy atom. The molecule has 4 aromatic heterocycles. The third-order valence-corrected chi connectivity index (χ3v) is 7.14. The zero-order valence-electron chi connectivity index (χ0n) is 21.2. The van der Waals surface area contributed by atoms with Gasteiger partial charge in [0.2, 0.25) is 5.88 Å². The van der Waals surface area contributed by atoms with E-state index in [0.29, 0.717) is 52.8 Å².